The number of hydrogen-bond acceptors (Lipinski definition) is 1. The van der Waals surface area contributed by atoms with Crippen LogP contribution >= 0.6 is 0 Å². The number of benzene rings is 2. The molecule has 0 aliphatic carbocycles. The quantitative estimate of drug-likeness (QED) is 0.827. The van der Waals surface area contributed by atoms with Gasteiger partial charge in [0.25, 0.3) is 0 Å². The highest BCUT2D eigenvalue weighted by molar-refractivity contribution is 5.91. The van der Waals surface area contributed by atoms with E-state index in [9.17, 15) is 18.0 Å². The molecule has 0 bridgehead atoms. The molecule has 2 aromatic rings. The third-order valence-corrected chi connectivity index (χ3v) is 3.20. The fourth-order valence-corrected chi connectivity index (χ4v) is 2.02. The van der Waals surface area contributed by atoms with Gasteiger partial charge in [-0.1, -0.05) is 42.5 Å². The van der Waals surface area contributed by atoms with Gasteiger partial charge in [-0.3, -0.25) is 4.79 Å². The highest BCUT2D eigenvalue weighted by Gasteiger charge is 2.30. The Hall–Kier alpha value is -2.56. The third kappa shape index (κ3) is 5.62. The van der Waals surface area contributed by atoms with Crippen LogP contribution in [0.15, 0.2) is 60.7 Å². The molecule has 0 fully saturated rings. The first-order valence-corrected chi connectivity index (χ1v) is 7.12. The van der Waals surface area contributed by atoms with E-state index in [0.29, 0.717) is 18.5 Å². The molecule has 1 N–H and O–H groups in total. The Morgan fingerprint density at radius 3 is 2.48 bits per heavy atom. The number of alkyl halides is 3. The van der Waals surface area contributed by atoms with E-state index in [1.165, 1.54) is 24.3 Å². The summed E-state index contributed by atoms with van der Waals surface area (Å²) in [6, 6.07) is 14.5. The van der Waals surface area contributed by atoms with E-state index in [1.54, 1.807) is 0 Å². The van der Waals surface area contributed by atoms with Crippen LogP contribution in [0.4, 0.5) is 13.2 Å². The lowest BCUT2D eigenvalue weighted by atomic mass is 10.1. The van der Waals surface area contributed by atoms with Crippen LogP contribution in [0.25, 0.3) is 6.08 Å². The smallest absolute Gasteiger partial charge is 0.352 e. The standard InChI is InChI=1S/C18H16F3NO/c19-18(20,21)16-8-4-7-15(13-16)9-10-17(23)22-12-11-14-5-2-1-3-6-14/h1-10,13H,11-12H2,(H,22,23)/b10-9+. The first-order chi connectivity index (χ1) is 10.9. The van der Waals surface area contributed by atoms with Gasteiger partial charge in [-0.15, -0.1) is 0 Å². The van der Waals surface area contributed by atoms with Crippen molar-refractivity contribution in [2.75, 3.05) is 6.54 Å². The van der Waals surface area contributed by atoms with Crippen LogP contribution in [-0.2, 0) is 17.4 Å². The van der Waals surface area contributed by atoms with Gasteiger partial charge in [0, 0.05) is 12.6 Å². The maximum atomic E-state index is 12.6. The van der Waals surface area contributed by atoms with Crippen molar-refractivity contribution in [2.45, 2.75) is 12.6 Å². The average molecular weight is 319 g/mol. The van der Waals surface area contributed by atoms with Crippen LogP contribution in [-0.4, -0.2) is 12.5 Å². The molecule has 5 heteroatoms. The molecular weight excluding hydrogens is 303 g/mol. The van der Waals surface area contributed by atoms with E-state index >= 15 is 0 Å². The molecule has 23 heavy (non-hydrogen) atoms. The maximum Gasteiger partial charge on any atom is 0.416 e. The van der Waals surface area contributed by atoms with Crippen molar-refractivity contribution < 1.29 is 18.0 Å². The second kappa shape index (κ2) is 7.63. The van der Waals surface area contributed by atoms with Gasteiger partial charge in [-0.05, 0) is 35.8 Å². The first-order valence-electron chi connectivity index (χ1n) is 7.12. The number of hydrogen-bond donors (Lipinski definition) is 1. The van der Waals surface area contributed by atoms with Crippen molar-refractivity contribution in [3.63, 3.8) is 0 Å². The Bertz CT molecular complexity index is 678. The molecule has 0 aromatic heterocycles. The molecule has 0 saturated heterocycles. The predicted molar refractivity (Wildman–Crippen MR) is 83.6 cm³/mol. The highest BCUT2D eigenvalue weighted by atomic mass is 19.4. The molecular formula is C18H16F3NO. The number of carbonyl (C=O) groups is 1. The lowest BCUT2D eigenvalue weighted by molar-refractivity contribution is -0.137. The SMILES string of the molecule is O=C(/C=C/c1cccc(C(F)(F)F)c1)NCCc1ccccc1. The van der Waals surface area contributed by atoms with Gasteiger partial charge in [0.05, 0.1) is 5.56 Å². The van der Waals surface area contributed by atoms with Gasteiger partial charge in [0.1, 0.15) is 0 Å². The molecule has 2 nitrogen and oxygen atoms in total. The molecule has 2 aromatic carbocycles. The Morgan fingerprint density at radius 1 is 1.04 bits per heavy atom. The molecule has 0 heterocycles. The minimum absolute atomic E-state index is 0.332. The van der Waals surface area contributed by atoms with E-state index in [0.717, 1.165) is 17.7 Å². The number of amides is 1. The number of carbonyl (C=O) groups excluding carboxylic acids is 1. The molecule has 0 aliphatic rings. The average Bonchev–Trinajstić information content (AvgIpc) is 2.53. The topological polar surface area (TPSA) is 29.1 Å². The normalized spacial score (nSPS) is 11.6. The minimum atomic E-state index is -4.39. The van der Waals surface area contributed by atoms with Crippen molar-refractivity contribution in [3.8, 4) is 0 Å². The van der Waals surface area contributed by atoms with Crippen LogP contribution in [0.1, 0.15) is 16.7 Å². The minimum Gasteiger partial charge on any atom is -0.352 e. The fourth-order valence-electron chi connectivity index (χ4n) is 2.02. The van der Waals surface area contributed by atoms with Gasteiger partial charge in [0.15, 0.2) is 0 Å². The number of nitrogens with one attached hydrogen (secondary N) is 1. The summed E-state index contributed by atoms with van der Waals surface area (Å²) >= 11 is 0. The van der Waals surface area contributed by atoms with Gasteiger partial charge < -0.3 is 5.32 Å². The predicted octanol–water partition coefficient (Wildman–Crippen LogP) is 4.08. The molecule has 0 aliphatic heterocycles. The molecule has 0 atom stereocenters. The zero-order valence-electron chi connectivity index (χ0n) is 12.3. The highest BCUT2D eigenvalue weighted by Crippen LogP contribution is 2.29. The Labute approximate surface area is 132 Å². The van der Waals surface area contributed by atoms with Gasteiger partial charge in [0.2, 0.25) is 5.91 Å². The van der Waals surface area contributed by atoms with Crippen LogP contribution in [0.5, 0.6) is 0 Å². The Morgan fingerprint density at radius 2 is 1.78 bits per heavy atom. The summed E-state index contributed by atoms with van der Waals surface area (Å²) < 4.78 is 37.8. The zero-order chi connectivity index (χ0) is 16.7. The molecule has 0 radical (unpaired) electrons. The van der Waals surface area contributed by atoms with Crippen molar-refractivity contribution in [2.24, 2.45) is 0 Å². The summed E-state index contributed by atoms with van der Waals surface area (Å²) in [6.07, 6.45) is -1.08. The van der Waals surface area contributed by atoms with Gasteiger partial charge in [-0.2, -0.15) is 13.2 Å². The van der Waals surface area contributed by atoms with Crippen molar-refractivity contribution >= 4 is 12.0 Å². The number of rotatable bonds is 5. The van der Waals surface area contributed by atoms with Crippen LogP contribution < -0.4 is 5.32 Å². The van der Waals surface area contributed by atoms with Crippen molar-refractivity contribution in [1.29, 1.82) is 0 Å². The Balaban J connectivity index is 1.86. The summed E-state index contributed by atoms with van der Waals surface area (Å²) in [5.74, 6) is -0.335. The van der Waals surface area contributed by atoms with E-state index in [-0.39, 0.29) is 5.91 Å². The second-order valence-electron chi connectivity index (χ2n) is 4.98. The monoisotopic (exact) mass is 319 g/mol. The molecule has 0 saturated carbocycles. The fraction of sp³-hybridized carbons (Fsp3) is 0.167. The van der Waals surface area contributed by atoms with Crippen LogP contribution in [0, 0.1) is 0 Å². The Kier molecular flexibility index (Phi) is 5.57. The van der Waals surface area contributed by atoms with Gasteiger partial charge in [-0.25, -0.2) is 0 Å². The maximum absolute atomic E-state index is 12.6. The second-order valence-corrected chi connectivity index (χ2v) is 4.98. The number of halogens is 3. The summed E-state index contributed by atoms with van der Waals surface area (Å²) in [7, 11) is 0. The lowest BCUT2D eigenvalue weighted by Crippen LogP contribution is -2.23. The van der Waals surface area contributed by atoms with E-state index in [4.69, 9.17) is 0 Å². The molecule has 0 unspecified atom stereocenters. The largest absolute Gasteiger partial charge is 0.416 e. The molecule has 0 spiro atoms. The lowest BCUT2D eigenvalue weighted by Gasteiger charge is -2.06. The van der Waals surface area contributed by atoms with E-state index in [1.807, 2.05) is 30.3 Å². The molecule has 1 amide bonds. The van der Waals surface area contributed by atoms with Crippen molar-refractivity contribution in [3.05, 3.63) is 77.4 Å². The summed E-state index contributed by atoms with van der Waals surface area (Å²) in [6.45, 7) is 0.468. The van der Waals surface area contributed by atoms with E-state index < -0.39 is 11.7 Å². The summed E-state index contributed by atoms with van der Waals surface area (Å²) in [5.41, 5.74) is 0.705. The third-order valence-electron chi connectivity index (χ3n) is 3.20. The van der Waals surface area contributed by atoms with E-state index in [2.05, 4.69) is 5.32 Å². The van der Waals surface area contributed by atoms with Crippen LogP contribution in [0.2, 0.25) is 0 Å². The zero-order valence-corrected chi connectivity index (χ0v) is 12.3. The molecule has 120 valence electrons. The summed E-state index contributed by atoms with van der Waals surface area (Å²) in [5, 5.41) is 2.70. The van der Waals surface area contributed by atoms with Gasteiger partial charge >= 0.3 is 6.18 Å². The molecule has 2 rings (SSSR count). The van der Waals surface area contributed by atoms with Crippen molar-refractivity contribution in [1.82, 2.24) is 5.32 Å². The van der Waals surface area contributed by atoms with Crippen LogP contribution in [0.3, 0.4) is 0 Å². The first kappa shape index (κ1) is 16.8. The summed E-state index contributed by atoms with van der Waals surface area (Å²) in [4.78, 5) is 11.7.